The molecule has 1 aliphatic carbocycles. The number of rotatable bonds is 3. The van der Waals surface area contributed by atoms with Crippen molar-refractivity contribution in [3.8, 4) is 0 Å². The molecule has 1 N–H and O–H groups in total. The minimum atomic E-state index is -3.91. The van der Waals surface area contributed by atoms with Gasteiger partial charge in [-0.3, -0.25) is 4.79 Å². The summed E-state index contributed by atoms with van der Waals surface area (Å²) in [4.78, 5) is 12.9. The highest BCUT2D eigenvalue weighted by atomic mass is 35.5. The number of amides is 1. The van der Waals surface area contributed by atoms with Crippen LogP contribution in [-0.2, 0) is 26.7 Å². The zero-order chi connectivity index (χ0) is 17.5. The van der Waals surface area contributed by atoms with Crippen LogP contribution in [-0.4, -0.2) is 14.3 Å². The molecule has 0 unspecified atom stereocenters. The number of carbonyl (C=O) groups excluding carboxylic acids is 1. The van der Waals surface area contributed by atoms with Gasteiger partial charge in [0, 0.05) is 5.02 Å². The van der Waals surface area contributed by atoms with Gasteiger partial charge in [-0.25, -0.2) is 13.1 Å². The highest BCUT2D eigenvalue weighted by molar-refractivity contribution is 7.90. The van der Waals surface area contributed by atoms with Crippen molar-refractivity contribution in [3.05, 3.63) is 64.2 Å². The van der Waals surface area contributed by atoms with E-state index in [4.69, 9.17) is 11.6 Å². The van der Waals surface area contributed by atoms with Crippen molar-refractivity contribution in [2.75, 3.05) is 0 Å². The lowest BCUT2D eigenvalue weighted by Crippen LogP contribution is -2.43. The third-order valence-electron chi connectivity index (χ3n) is 4.67. The van der Waals surface area contributed by atoms with E-state index < -0.39 is 21.3 Å². The Hall–Kier alpha value is -1.85. The van der Waals surface area contributed by atoms with Crippen LogP contribution in [0, 0.1) is 6.92 Å². The lowest BCUT2D eigenvalue weighted by atomic mass is 9.83. The Morgan fingerprint density at radius 2 is 1.92 bits per heavy atom. The number of halogens is 1. The number of benzene rings is 2. The van der Waals surface area contributed by atoms with Crippen LogP contribution in [0.5, 0.6) is 0 Å². The molecular weight excluding hydrogens is 346 g/mol. The molecular formula is C18H18ClNO3S. The van der Waals surface area contributed by atoms with E-state index in [9.17, 15) is 13.2 Å². The maximum atomic E-state index is 12.8. The molecule has 126 valence electrons. The number of nitrogens with one attached hydrogen (secondary N) is 1. The van der Waals surface area contributed by atoms with Crippen molar-refractivity contribution < 1.29 is 13.2 Å². The van der Waals surface area contributed by atoms with Crippen LogP contribution in [0.2, 0.25) is 5.02 Å². The molecule has 0 heterocycles. The second-order valence-corrected chi connectivity index (χ2v) is 8.42. The average Bonchev–Trinajstić information content (AvgIpc) is 2.85. The molecule has 1 amide bonds. The number of aryl methyl sites for hydroxylation is 2. The SMILES string of the molecule is Cc1ccccc1S(=O)(=O)NC(=O)[C@@]1(C)CCc2ccc(Cl)cc21. The standard InChI is InChI=1S/C18H18ClNO3S/c1-12-5-3-4-6-16(12)24(22,23)20-17(21)18(2)10-9-13-7-8-14(19)11-15(13)18/h3-8,11H,9-10H2,1-2H3,(H,20,21)/t18-/m0/s1. The maximum absolute atomic E-state index is 12.8. The second-order valence-electron chi connectivity index (χ2n) is 6.33. The van der Waals surface area contributed by atoms with E-state index in [1.807, 2.05) is 6.07 Å². The molecule has 0 radical (unpaired) electrons. The van der Waals surface area contributed by atoms with Crippen molar-refractivity contribution >= 4 is 27.5 Å². The number of hydrogen-bond donors (Lipinski definition) is 1. The third kappa shape index (κ3) is 2.82. The Morgan fingerprint density at radius 1 is 1.21 bits per heavy atom. The van der Waals surface area contributed by atoms with E-state index >= 15 is 0 Å². The monoisotopic (exact) mass is 363 g/mol. The predicted molar refractivity (Wildman–Crippen MR) is 93.6 cm³/mol. The predicted octanol–water partition coefficient (Wildman–Crippen LogP) is 3.36. The van der Waals surface area contributed by atoms with Crippen molar-refractivity contribution in [1.29, 1.82) is 0 Å². The van der Waals surface area contributed by atoms with Crippen molar-refractivity contribution in [2.45, 2.75) is 37.0 Å². The largest absolute Gasteiger partial charge is 0.273 e. The number of carbonyl (C=O) groups is 1. The van der Waals surface area contributed by atoms with Gasteiger partial charge < -0.3 is 0 Å². The Balaban J connectivity index is 1.94. The topological polar surface area (TPSA) is 63.2 Å². The van der Waals surface area contributed by atoms with Crippen molar-refractivity contribution in [2.24, 2.45) is 0 Å². The molecule has 4 nitrogen and oxygen atoms in total. The van der Waals surface area contributed by atoms with Crippen LogP contribution in [0.3, 0.4) is 0 Å². The zero-order valence-corrected chi connectivity index (χ0v) is 15.0. The molecule has 1 aliphatic rings. The fourth-order valence-corrected chi connectivity index (χ4v) is 4.68. The number of fused-ring (bicyclic) bond motifs is 1. The summed E-state index contributed by atoms with van der Waals surface area (Å²) in [6, 6.07) is 12.0. The highest BCUT2D eigenvalue weighted by Gasteiger charge is 2.42. The van der Waals surface area contributed by atoms with Crippen LogP contribution < -0.4 is 4.72 Å². The fraction of sp³-hybridized carbons (Fsp3) is 0.278. The summed E-state index contributed by atoms with van der Waals surface area (Å²) in [6.07, 6.45) is 1.28. The van der Waals surface area contributed by atoms with Gasteiger partial charge in [-0.05, 0) is 61.6 Å². The van der Waals surface area contributed by atoms with Crippen LogP contribution in [0.25, 0.3) is 0 Å². The van der Waals surface area contributed by atoms with Crippen molar-refractivity contribution in [1.82, 2.24) is 4.72 Å². The van der Waals surface area contributed by atoms with Gasteiger partial charge in [-0.1, -0.05) is 35.9 Å². The van der Waals surface area contributed by atoms with E-state index in [1.54, 1.807) is 44.2 Å². The van der Waals surface area contributed by atoms with Gasteiger partial charge in [0.25, 0.3) is 10.0 Å². The first-order valence-electron chi connectivity index (χ1n) is 7.66. The van der Waals surface area contributed by atoms with Crippen molar-refractivity contribution in [3.63, 3.8) is 0 Å². The normalized spacial score (nSPS) is 19.8. The van der Waals surface area contributed by atoms with E-state index in [-0.39, 0.29) is 4.90 Å². The molecule has 0 saturated carbocycles. The van der Waals surface area contributed by atoms with E-state index in [0.29, 0.717) is 17.0 Å². The quantitative estimate of drug-likeness (QED) is 0.909. The molecule has 0 fully saturated rings. The summed E-state index contributed by atoms with van der Waals surface area (Å²) in [5, 5.41) is 0.538. The molecule has 24 heavy (non-hydrogen) atoms. The summed E-state index contributed by atoms with van der Waals surface area (Å²) in [6.45, 7) is 3.46. The van der Waals surface area contributed by atoms with E-state index in [0.717, 1.165) is 17.5 Å². The van der Waals surface area contributed by atoms with Crippen LogP contribution in [0.4, 0.5) is 0 Å². The summed E-state index contributed by atoms with van der Waals surface area (Å²) in [5.74, 6) is -0.522. The van der Waals surface area contributed by atoms with Crippen LogP contribution in [0.15, 0.2) is 47.4 Å². The first-order valence-corrected chi connectivity index (χ1v) is 9.52. The van der Waals surface area contributed by atoms with E-state index in [1.165, 1.54) is 6.07 Å². The van der Waals surface area contributed by atoms with Gasteiger partial charge in [-0.15, -0.1) is 0 Å². The molecule has 0 spiro atoms. The second kappa shape index (κ2) is 5.90. The van der Waals surface area contributed by atoms with Gasteiger partial charge in [0.2, 0.25) is 5.91 Å². The van der Waals surface area contributed by atoms with Gasteiger partial charge in [0.1, 0.15) is 0 Å². The Morgan fingerprint density at radius 3 is 2.62 bits per heavy atom. The lowest BCUT2D eigenvalue weighted by Gasteiger charge is -2.24. The fourth-order valence-electron chi connectivity index (χ4n) is 3.18. The molecule has 0 bridgehead atoms. The minimum Gasteiger partial charge on any atom is -0.273 e. The maximum Gasteiger partial charge on any atom is 0.264 e. The summed E-state index contributed by atoms with van der Waals surface area (Å²) in [7, 11) is -3.91. The first kappa shape index (κ1) is 17.0. The van der Waals surface area contributed by atoms with Crippen LogP contribution >= 0.6 is 11.6 Å². The van der Waals surface area contributed by atoms with Gasteiger partial charge >= 0.3 is 0 Å². The summed E-state index contributed by atoms with van der Waals surface area (Å²) in [5.41, 5.74) is 1.52. The Kier molecular flexibility index (Phi) is 4.18. The van der Waals surface area contributed by atoms with E-state index in [2.05, 4.69) is 4.72 Å². The summed E-state index contributed by atoms with van der Waals surface area (Å²) < 4.78 is 27.4. The average molecular weight is 364 g/mol. The van der Waals surface area contributed by atoms with Crippen LogP contribution in [0.1, 0.15) is 30.0 Å². The Bertz CT molecular complexity index is 924. The molecule has 2 aromatic carbocycles. The smallest absolute Gasteiger partial charge is 0.264 e. The molecule has 6 heteroatoms. The molecule has 3 rings (SSSR count). The summed E-state index contributed by atoms with van der Waals surface area (Å²) >= 11 is 6.06. The molecule has 0 aliphatic heterocycles. The lowest BCUT2D eigenvalue weighted by molar-refractivity contribution is -0.124. The molecule has 0 saturated heterocycles. The zero-order valence-electron chi connectivity index (χ0n) is 13.5. The van der Waals surface area contributed by atoms with Gasteiger partial charge in [0.15, 0.2) is 0 Å². The first-order chi connectivity index (χ1) is 11.2. The number of sulfonamides is 1. The minimum absolute atomic E-state index is 0.117. The number of hydrogen-bond acceptors (Lipinski definition) is 3. The molecule has 1 atom stereocenters. The molecule has 0 aromatic heterocycles. The molecule has 2 aromatic rings. The van der Waals surface area contributed by atoms with Gasteiger partial charge in [0.05, 0.1) is 10.3 Å². The Labute approximate surface area is 146 Å². The van der Waals surface area contributed by atoms with Gasteiger partial charge in [-0.2, -0.15) is 0 Å². The highest BCUT2D eigenvalue weighted by Crippen LogP contribution is 2.40. The third-order valence-corrected chi connectivity index (χ3v) is 6.40.